The van der Waals surface area contributed by atoms with Gasteiger partial charge in [0, 0.05) is 6.07 Å². The lowest BCUT2D eigenvalue weighted by Crippen LogP contribution is -2.16. The van der Waals surface area contributed by atoms with E-state index in [1.807, 2.05) is 0 Å². The minimum Gasteiger partial charge on any atom is -0.508 e. The van der Waals surface area contributed by atoms with Crippen LogP contribution in [0.1, 0.15) is 24.2 Å². The largest absolute Gasteiger partial charge is 0.508 e. The Labute approximate surface area is 107 Å². The quantitative estimate of drug-likeness (QED) is 0.846. The number of carboxylic acids is 1. The van der Waals surface area contributed by atoms with Crippen LogP contribution in [-0.4, -0.2) is 16.2 Å². The second-order valence-electron chi connectivity index (χ2n) is 4.02. The Morgan fingerprint density at radius 3 is 2.74 bits per heavy atom. The van der Waals surface area contributed by atoms with Gasteiger partial charge in [-0.15, -0.1) is 0 Å². The van der Waals surface area contributed by atoms with E-state index in [0.29, 0.717) is 0 Å². The fraction of sp³-hybridized carbons (Fsp3) is 0.154. The molecule has 6 heteroatoms. The first kappa shape index (κ1) is 12.6. The van der Waals surface area contributed by atoms with Crippen molar-refractivity contribution in [2.24, 2.45) is 0 Å². The minimum atomic E-state index is -1.21. The van der Waals surface area contributed by atoms with Gasteiger partial charge in [0.2, 0.25) is 5.43 Å². The summed E-state index contributed by atoms with van der Waals surface area (Å²) in [4.78, 5) is 23.0. The van der Waals surface area contributed by atoms with Crippen molar-refractivity contribution in [3.05, 3.63) is 39.7 Å². The molecule has 1 heterocycles. The van der Waals surface area contributed by atoms with Gasteiger partial charge < -0.3 is 14.6 Å². The molecule has 0 aliphatic heterocycles. The monoisotopic (exact) mass is 259 g/mol. The van der Waals surface area contributed by atoms with Crippen molar-refractivity contribution >= 4 is 16.9 Å². The van der Waals surface area contributed by atoms with Gasteiger partial charge in [0.15, 0.2) is 0 Å². The predicted molar refractivity (Wildman–Crippen MR) is 64.9 cm³/mol. The fourth-order valence-electron chi connectivity index (χ4n) is 1.72. The van der Waals surface area contributed by atoms with E-state index in [4.69, 9.17) is 14.8 Å². The molecule has 6 nitrogen and oxygen atoms in total. The van der Waals surface area contributed by atoms with E-state index in [2.05, 4.69) is 0 Å². The number of hydrogen-bond acceptors (Lipinski definition) is 5. The average Bonchev–Trinajstić information content (AvgIpc) is 2.37. The highest BCUT2D eigenvalue weighted by atomic mass is 16.4. The van der Waals surface area contributed by atoms with Gasteiger partial charge in [-0.2, -0.15) is 5.26 Å². The van der Waals surface area contributed by atoms with E-state index in [1.165, 1.54) is 25.1 Å². The number of phenols is 1. The Kier molecular flexibility index (Phi) is 2.97. The zero-order chi connectivity index (χ0) is 14.2. The third-order valence-electron chi connectivity index (χ3n) is 2.78. The number of nitrogens with zero attached hydrogens (tertiary/aromatic N) is 1. The fourth-order valence-corrected chi connectivity index (χ4v) is 1.72. The first-order valence-electron chi connectivity index (χ1n) is 5.38. The smallest absolute Gasteiger partial charge is 0.313 e. The van der Waals surface area contributed by atoms with E-state index in [1.54, 1.807) is 6.07 Å². The maximum absolute atomic E-state index is 12.1. The van der Waals surface area contributed by atoms with Crippen LogP contribution >= 0.6 is 0 Å². The van der Waals surface area contributed by atoms with E-state index in [-0.39, 0.29) is 28.0 Å². The normalized spacial score (nSPS) is 12.0. The van der Waals surface area contributed by atoms with Crippen molar-refractivity contribution in [2.45, 2.75) is 12.8 Å². The highest BCUT2D eigenvalue weighted by molar-refractivity contribution is 5.81. The lowest BCUT2D eigenvalue weighted by molar-refractivity contribution is -0.138. The number of phenolic OH excluding ortho intramolecular Hbond substituents is 1. The minimum absolute atomic E-state index is 0.0482. The Bertz CT molecular complexity index is 769. The molecule has 2 rings (SSSR count). The van der Waals surface area contributed by atoms with Crippen LogP contribution in [0.15, 0.2) is 27.4 Å². The summed E-state index contributed by atoms with van der Waals surface area (Å²) in [7, 11) is 0. The van der Waals surface area contributed by atoms with Crippen LogP contribution in [0, 0.1) is 11.3 Å². The molecule has 19 heavy (non-hydrogen) atoms. The van der Waals surface area contributed by atoms with Crippen LogP contribution in [0.5, 0.6) is 5.75 Å². The summed E-state index contributed by atoms with van der Waals surface area (Å²) < 4.78 is 5.31. The number of carbonyl (C=O) groups is 1. The SMILES string of the molecule is CC(C(=O)O)c1oc2cc(O)ccc2c(=O)c1C#N. The molecule has 0 spiro atoms. The topological polar surface area (TPSA) is 112 Å². The van der Waals surface area contributed by atoms with Crippen molar-refractivity contribution in [2.75, 3.05) is 0 Å². The average molecular weight is 259 g/mol. The van der Waals surface area contributed by atoms with E-state index >= 15 is 0 Å². The summed E-state index contributed by atoms with van der Waals surface area (Å²) in [5.74, 6) is -2.67. The molecule has 0 aliphatic carbocycles. The number of hydrogen-bond donors (Lipinski definition) is 2. The Morgan fingerprint density at radius 2 is 2.16 bits per heavy atom. The standard InChI is InChI=1S/C13H9NO5/c1-6(13(17)18)12-9(5-14)11(16)8-3-2-7(15)4-10(8)19-12/h2-4,6,15H,1H3,(H,17,18). The molecule has 0 saturated carbocycles. The first-order valence-corrected chi connectivity index (χ1v) is 5.38. The predicted octanol–water partition coefficient (Wildman–Crippen LogP) is 1.56. The second-order valence-corrected chi connectivity index (χ2v) is 4.02. The summed E-state index contributed by atoms with van der Waals surface area (Å²) in [6.07, 6.45) is 0. The molecular weight excluding hydrogens is 250 g/mol. The molecule has 0 fully saturated rings. The molecule has 1 atom stereocenters. The molecule has 0 radical (unpaired) electrons. The zero-order valence-corrected chi connectivity index (χ0v) is 9.88. The van der Waals surface area contributed by atoms with Gasteiger partial charge in [0.25, 0.3) is 0 Å². The van der Waals surface area contributed by atoms with Gasteiger partial charge in [-0.05, 0) is 19.1 Å². The Morgan fingerprint density at radius 1 is 1.47 bits per heavy atom. The van der Waals surface area contributed by atoms with Crippen LogP contribution in [-0.2, 0) is 4.79 Å². The summed E-state index contributed by atoms with van der Waals surface area (Å²) in [5, 5.41) is 27.4. The molecule has 0 saturated heterocycles. The lowest BCUT2D eigenvalue weighted by atomic mass is 10.0. The van der Waals surface area contributed by atoms with Crippen LogP contribution in [0.3, 0.4) is 0 Å². The summed E-state index contributed by atoms with van der Waals surface area (Å²) in [6, 6.07) is 5.50. The number of aromatic hydroxyl groups is 1. The Balaban J connectivity index is 2.88. The number of benzene rings is 1. The van der Waals surface area contributed by atoms with Gasteiger partial charge in [-0.3, -0.25) is 9.59 Å². The zero-order valence-electron chi connectivity index (χ0n) is 9.88. The van der Waals surface area contributed by atoms with E-state index in [0.717, 1.165) is 0 Å². The van der Waals surface area contributed by atoms with Crippen LogP contribution in [0.25, 0.3) is 11.0 Å². The number of rotatable bonds is 2. The first-order chi connectivity index (χ1) is 8.95. The van der Waals surface area contributed by atoms with Crippen LogP contribution in [0.4, 0.5) is 0 Å². The van der Waals surface area contributed by atoms with Gasteiger partial charge >= 0.3 is 5.97 Å². The van der Waals surface area contributed by atoms with E-state index in [9.17, 15) is 14.7 Å². The summed E-state index contributed by atoms with van der Waals surface area (Å²) in [6.45, 7) is 1.32. The van der Waals surface area contributed by atoms with Gasteiger partial charge in [0.05, 0.1) is 5.39 Å². The highest BCUT2D eigenvalue weighted by Crippen LogP contribution is 2.24. The van der Waals surface area contributed by atoms with Gasteiger partial charge in [-0.1, -0.05) is 0 Å². The molecule has 0 aliphatic rings. The second kappa shape index (κ2) is 4.46. The number of carboxylic acid groups (broad SMARTS) is 1. The third kappa shape index (κ3) is 2.02. The third-order valence-corrected chi connectivity index (χ3v) is 2.78. The highest BCUT2D eigenvalue weighted by Gasteiger charge is 2.24. The number of nitriles is 1. The van der Waals surface area contributed by atoms with Crippen molar-refractivity contribution in [1.29, 1.82) is 5.26 Å². The maximum Gasteiger partial charge on any atom is 0.313 e. The van der Waals surface area contributed by atoms with Crippen molar-refractivity contribution in [3.8, 4) is 11.8 Å². The van der Waals surface area contributed by atoms with Crippen LogP contribution in [0.2, 0.25) is 0 Å². The maximum atomic E-state index is 12.1. The van der Waals surface area contributed by atoms with Gasteiger partial charge in [0.1, 0.15) is 34.6 Å². The molecule has 1 aromatic carbocycles. The summed E-state index contributed by atoms with van der Waals surface area (Å²) >= 11 is 0. The van der Waals surface area contributed by atoms with Crippen molar-refractivity contribution in [3.63, 3.8) is 0 Å². The molecule has 2 aromatic rings. The number of aliphatic carboxylic acids is 1. The number of fused-ring (bicyclic) bond motifs is 1. The molecule has 96 valence electrons. The molecule has 0 amide bonds. The molecular formula is C13H9NO5. The van der Waals surface area contributed by atoms with Crippen molar-refractivity contribution in [1.82, 2.24) is 0 Å². The molecule has 1 unspecified atom stereocenters. The summed E-state index contributed by atoms with van der Waals surface area (Å²) in [5.41, 5.74) is -0.882. The molecule has 1 aromatic heterocycles. The van der Waals surface area contributed by atoms with E-state index < -0.39 is 17.3 Å². The molecule has 2 N–H and O–H groups in total. The van der Waals surface area contributed by atoms with Crippen molar-refractivity contribution < 1.29 is 19.4 Å². The van der Waals surface area contributed by atoms with Crippen LogP contribution < -0.4 is 5.43 Å². The van der Waals surface area contributed by atoms with Gasteiger partial charge in [-0.25, -0.2) is 0 Å². The lowest BCUT2D eigenvalue weighted by Gasteiger charge is -2.08. The Hall–Kier alpha value is -2.81. The molecule has 0 bridgehead atoms.